The van der Waals surface area contributed by atoms with Gasteiger partial charge in [0.1, 0.15) is 12.4 Å². The fraction of sp³-hybridized carbons (Fsp3) is 0.172. The third kappa shape index (κ3) is 4.28. The van der Waals surface area contributed by atoms with E-state index in [-0.39, 0.29) is 5.78 Å². The number of esters is 1. The minimum Gasteiger partial charge on any atom is -0.487 e. The van der Waals surface area contributed by atoms with Gasteiger partial charge in [0.25, 0.3) is 0 Å². The molecule has 0 amide bonds. The minimum absolute atomic E-state index is 0.0853. The lowest BCUT2D eigenvalue weighted by Gasteiger charge is -2.29. The molecule has 2 aliphatic rings. The van der Waals surface area contributed by atoms with E-state index in [0.29, 0.717) is 34.8 Å². The van der Waals surface area contributed by atoms with Crippen LogP contribution in [0.15, 0.2) is 82.0 Å². The zero-order valence-corrected chi connectivity index (χ0v) is 23.7. The van der Waals surface area contributed by atoms with Gasteiger partial charge in [-0.15, -0.1) is 0 Å². The molecule has 1 heterocycles. The van der Waals surface area contributed by atoms with E-state index >= 15 is 0 Å². The Morgan fingerprint density at radius 3 is 2.42 bits per heavy atom. The van der Waals surface area contributed by atoms with Crippen LogP contribution in [0.1, 0.15) is 45.5 Å². The Morgan fingerprint density at radius 2 is 1.75 bits per heavy atom. The number of hydrogen-bond acceptors (Lipinski definition) is 5. The number of benzene rings is 3. The maximum absolute atomic E-state index is 13.6. The normalized spacial score (nSPS) is 16.5. The molecule has 3 aromatic rings. The van der Waals surface area contributed by atoms with Crippen molar-refractivity contribution in [1.29, 1.82) is 0 Å². The average Bonchev–Trinajstić information content (AvgIpc) is 3.14. The standard InChI is InChI=1S/C29H23BrINO4/c1-15-8-10-17(11-9-15)14-36-28-21(30)12-18(13-22(28)31)24-23(29(34)35-3)16(2)32-26-19-6-4-5-7-20(19)27(33)25(24)26/h4-13,24,32H,14H2,1-3H3/t24-/m1/s1. The number of rotatable bonds is 5. The summed E-state index contributed by atoms with van der Waals surface area (Å²) >= 11 is 5.91. The molecule has 0 spiro atoms. The van der Waals surface area contributed by atoms with Gasteiger partial charge in [-0.2, -0.15) is 0 Å². The van der Waals surface area contributed by atoms with E-state index in [9.17, 15) is 9.59 Å². The number of halogens is 2. The summed E-state index contributed by atoms with van der Waals surface area (Å²) in [4.78, 5) is 26.5. The minimum atomic E-state index is -0.579. The number of aryl methyl sites for hydroxylation is 1. The predicted octanol–water partition coefficient (Wildman–Crippen LogP) is 6.68. The number of carbonyl (C=O) groups excluding carboxylic acids is 2. The number of nitrogens with one attached hydrogen (secondary N) is 1. The van der Waals surface area contributed by atoms with E-state index in [1.165, 1.54) is 12.7 Å². The molecule has 1 atom stereocenters. The first-order valence-electron chi connectivity index (χ1n) is 11.4. The second kappa shape index (κ2) is 9.86. The van der Waals surface area contributed by atoms with Crippen molar-refractivity contribution in [2.24, 2.45) is 0 Å². The summed E-state index contributed by atoms with van der Waals surface area (Å²) in [5, 5.41) is 3.31. The predicted molar refractivity (Wildman–Crippen MR) is 151 cm³/mol. The van der Waals surface area contributed by atoms with E-state index in [4.69, 9.17) is 9.47 Å². The van der Waals surface area contributed by atoms with Gasteiger partial charge < -0.3 is 14.8 Å². The van der Waals surface area contributed by atoms with Crippen molar-refractivity contribution < 1.29 is 19.1 Å². The zero-order valence-electron chi connectivity index (χ0n) is 19.9. The van der Waals surface area contributed by atoms with Crippen molar-refractivity contribution in [3.05, 3.63) is 113 Å². The van der Waals surface area contributed by atoms with Gasteiger partial charge in [-0.3, -0.25) is 4.79 Å². The van der Waals surface area contributed by atoms with Gasteiger partial charge in [-0.05, 0) is 75.6 Å². The number of ether oxygens (including phenoxy) is 2. The van der Waals surface area contributed by atoms with Gasteiger partial charge in [0.2, 0.25) is 0 Å². The van der Waals surface area contributed by atoms with Crippen molar-refractivity contribution >= 4 is 56.0 Å². The van der Waals surface area contributed by atoms with Gasteiger partial charge >= 0.3 is 5.97 Å². The molecule has 182 valence electrons. The first kappa shape index (κ1) is 24.8. The largest absolute Gasteiger partial charge is 0.487 e. The maximum atomic E-state index is 13.6. The Morgan fingerprint density at radius 1 is 1.06 bits per heavy atom. The van der Waals surface area contributed by atoms with Crippen molar-refractivity contribution in [3.63, 3.8) is 0 Å². The SMILES string of the molecule is COC(=O)C1=C(C)NC2=C(C(=O)c3ccccc32)[C@@H]1c1cc(Br)c(OCc2ccc(C)cc2)c(I)c1. The van der Waals surface area contributed by atoms with Gasteiger partial charge in [0.05, 0.1) is 26.4 Å². The molecule has 5 nitrogen and oxygen atoms in total. The van der Waals surface area contributed by atoms with Crippen molar-refractivity contribution in [2.45, 2.75) is 26.4 Å². The van der Waals surface area contributed by atoms with Gasteiger partial charge in [-0.25, -0.2) is 4.79 Å². The molecule has 1 N–H and O–H groups in total. The van der Waals surface area contributed by atoms with E-state index in [1.54, 1.807) is 0 Å². The lowest BCUT2D eigenvalue weighted by molar-refractivity contribution is -0.136. The van der Waals surface area contributed by atoms with Crippen LogP contribution in [0.5, 0.6) is 5.75 Å². The van der Waals surface area contributed by atoms with Crippen LogP contribution in [-0.4, -0.2) is 18.9 Å². The van der Waals surface area contributed by atoms with Crippen molar-refractivity contribution in [1.82, 2.24) is 5.32 Å². The topological polar surface area (TPSA) is 64.6 Å². The third-order valence-electron chi connectivity index (χ3n) is 6.51. The van der Waals surface area contributed by atoms with Gasteiger partial charge in [-0.1, -0.05) is 54.1 Å². The molecule has 0 saturated carbocycles. The van der Waals surface area contributed by atoms with Crippen LogP contribution in [0.4, 0.5) is 0 Å². The van der Waals surface area contributed by atoms with E-state index in [1.807, 2.05) is 55.5 Å². The number of allylic oxidation sites excluding steroid dienone is 2. The number of fused-ring (bicyclic) bond motifs is 2. The first-order valence-corrected chi connectivity index (χ1v) is 13.3. The Kier molecular flexibility index (Phi) is 6.78. The molecule has 0 bridgehead atoms. The summed E-state index contributed by atoms with van der Waals surface area (Å²) in [6.07, 6.45) is 0. The second-order valence-electron chi connectivity index (χ2n) is 8.84. The summed E-state index contributed by atoms with van der Waals surface area (Å²) in [6, 6.07) is 19.6. The monoisotopic (exact) mass is 655 g/mol. The Bertz CT molecular complexity index is 1450. The molecule has 0 fully saturated rings. The summed E-state index contributed by atoms with van der Waals surface area (Å²) < 4.78 is 12.9. The van der Waals surface area contributed by atoms with Crippen LogP contribution in [0.2, 0.25) is 0 Å². The van der Waals surface area contributed by atoms with Crippen LogP contribution < -0.4 is 10.1 Å². The third-order valence-corrected chi connectivity index (χ3v) is 7.90. The highest BCUT2D eigenvalue weighted by molar-refractivity contribution is 14.1. The van der Waals surface area contributed by atoms with Gasteiger partial charge in [0, 0.05) is 28.3 Å². The van der Waals surface area contributed by atoms with Crippen molar-refractivity contribution in [2.75, 3.05) is 7.11 Å². The van der Waals surface area contributed by atoms with Gasteiger partial charge in [0.15, 0.2) is 5.78 Å². The van der Waals surface area contributed by atoms with Crippen LogP contribution >= 0.6 is 38.5 Å². The quantitative estimate of drug-likeness (QED) is 0.245. The first-order chi connectivity index (χ1) is 17.3. The number of ketones is 1. The van der Waals surface area contributed by atoms with E-state index < -0.39 is 11.9 Å². The highest BCUT2D eigenvalue weighted by atomic mass is 127. The summed E-state index contributed by atoms with van der Waals surface area (Å²) in [5.41, 5.74) is 6.95. The molecule has 36 heavy (non-hydrogen) atoms. The number of hydrogen-bond donors (Lipinski definition) is 1. The molecule has 1 aliphatic carbocycles. The zero-order chi connectivity index (χ0) is 25.6. The summed E-state index contributed by atoms with van der Waals surface area (Å²) in [6.45, 7) is 4.32. The molecular weight excluding hydrogens is 633 g/mol. The number of carbonyl (C=O) groups is 2. The highest BCUT2D eigenvalue weighted by Crippen LogP contribution is 2.48. The smallest absolute Gasteiger partial charge is 0.336 e. The number of dihydropyridines is 1. The van der Waals surface area contributed by atoms with Crippen LogP contribution in [-0.2, 0) is 16.1 Å². The molecule has 0 saturated heterocycles. The molecule has 0 unspecified atom stereocenters. The average molecular weight is 656 g/mol. The lowest BCUT2D eigenvalue weighted by Crippen LogP contribution is -2.29. The molecule has 0 aromatic heterocycles. The molecular formula is C29H23BrINO4. The fourth-order valence-electron chi connectivity index (χ4n) is 4.77. The Balaban J connectivity index is 1.57. The summed E-state index contributed by atoms with van der Waals surface area (Å²) in [7, 11) is 1.36. The molecule has 7 heteroatoms. The number of Topliss-reactive ketones (excluding diaryl/α,β-unsaturated/α-hetero) is 1. The fourth-order valence-corrected chi connectivity index (χ4v) is 6.54. The van der Waals surface area contributed by atoms with Crippen LogP contribution in [0.3, 0.4) is 0 Å². The highest BCUT2D eigenvalue weighted by Gasteiger charge is 2.43. The van der Waals surface area contributed by atoms with Crippen molar-refractivity contribution in [3.8, 4) is 5.75 Å². The summed E-state index contributed by atoms with van der Waals surface area (Å²) in [5.74, 6) is -0.419. The number of methoxy groups -OCH3 is 1. The van der Waals surface area contributed by atoms with Crippen LogP contribution in [0, 0.1) is 10.5 Å². The Labute approximate surface area is 231 Å². The van der Waals surface area contributed by atoms with E-state index in [2.05, 4.69) is 62.9 Å². The molecule has 3 aromatic carbocycles. The second-order valence-corrected chi connectivity index (χ2v) is 10.9. The molecule has 0 radical (unpaired) electrons. The van der Waals surface area contributed by atoms with Crippen LogP contribution in [0.25, 0.3) is 5.70 Å². The maximum Gasteiger partial charge on any atom is 0.336 e. The Hall–Kier alpha value is -2.91. The lowest BCUT2D eigenvalue weighted by atomic mass is 9.80. The molecule has 1 aliphatic heterocycles. The van der Waals surface area contributed by atoms with E-state index in [0.717, 1.165) is 30.4 Å². The molecule has 5 rings (SSSR count).